The average molecular weight is 477 g/mol. The van der Waals surface area contributed by atoms with Crippen molar-refractivity contribution in [2.24, 2.45) is 5.92 Å². The Labute approximate surface area is 200 Å². The summed E-state index contributed by atoms with van der Waals surface area (Å²) < 4.78 is 5.32. The first kappa shape index (κ1) is 26.1. The molecule has 2 rings (SSSR count). The fourth-order valence-electron chi connectivity index (χ4n) is 3.23. The molecule has 0 radical (unpaired) electrons. The number of benzene rings is 2. The van der Waals surface area contributed by atoms with Crippen molar-refractivity contribution in [3.8, 4) is 5.75 Å². The molecule has 5 nitrogen and oxygen atoms in total. The summed E-state index contributed by atoms with van der Waals surface area (Å²) >= 11 is 7.48. The number of amides is 2. The molecule has 2 aromatic rings. The lowest BCUT2D eigenvalue weighted by Gasteiger charge is -2.31. The van der Waals surface area contributed by atoms with Crippen molar-refractivity contribution in [3.63, 3.8) is 0 Å². The van der Waals surface area contributed by atoms with E-state index in [1.54, 1.807) is 12.0 Å². The number of hydrogen-bond donors (Lipinski definition) is 1. The van der Waals surface area contributed by atoms with Crippen molar-refractivity contribution in [1.29, 1.82) is 0 Å². The molecule has 0 saturated heterocycles. The van der Waals surface area contributed by atoms with E-state index < -0.39 is 6.04 Å². The summed E-state index contributed by atoms with van der Waals surface area (Å²) in [5, 5.41) is 3.68. The van der Waals surface area contributed by atoms with Crippen LogP contribution in [0.25, 0.3) is 0 Å². The summed E-state index contributed by atoms with van der Waals surface area (Å²) in [5.74, 6) is 1.89. The van der Waals surface area contributed by atoms with Crippen LogP contribution in [0.2, 0.25) is 5.02 Å². The normalized spacial score (nSPS) is 11.8. The first-order valence-electron chi connectivity index (χ1n) is 10.9. The van der Waals surface area contributed by atoms with Gasteiger partial charge in [0.2, 0.25) is 11.8 Å². The van der Waals surface area contributed by atoms with Crippen molar-refractivity contribution in [1.82, 2.24) is 10.2 Å². The maximum absolute atomic E-state index is 13.3. The van der Waals surface area contributed by atoms with E-state index in [4.69, 9.17) is 16.3 Å². The molecule has 0 spiro atoms. The number of carbonyl (C=O) groups is 2. The summed E-state index contributed by atoms with van der Waals surface area (Å²) in [4.78, 5) is 27.9. The smallest absolute Gasteiger partial charge is 0.242 e. The minimum Gasteiger partial charge on any atom is -0.497 e. The van der Waals surface area contributed by atoms with Crippen LogP contribution in [0.15, 0.2) is 48.5 Å². The number of ether oxygens (including phenoxy) is 1. The predicted molar refractivity (Wildman–Crippen MR) is 133 cm³/mol. The largest absolute Gasteiger partial charge is 0.497 e. The Kier molecular flexibility index (Phi) is 10.9. The third-order valence-electron chi connectivity index (χ3n) is 4.97. The maximum atomic E-state index is 13.3. The Hall–Kier alpha value is -2.18. The van der Waals surface area contributed by atoms with Crippen LogP contribution in [0, 0.1) is 5.92 Å². The second kappa shape index (κ2) is 13.4. The van der Waals surface area contributed by atoms with Gasteiger partial charge in [0.1, 0.15) is 11.8 Å². The molecule has 0 fully saturated rings. The first-order valence-corrected chi connectivity index (χ1v) is 12.4. The molecule has 7 heteroatoms. The van der Waals surface area contributed by atoms with Gasteiger partial charge in [0.25, 0.3) is 0 Å². The Bertz CT molecular complexity index is 874. The highest BCUT2D eigenvalue weighted by Crippen LogP contribution is 2.20. The molecule has 0 unspecified atom stereocenters. The van der Waals surface area contributed by atoms with Gasteiger partial charge in [0.15, 0.2) is 0 Å². The van der Waals surface area contributed by atoms with E-state index >= 15 is 0 Å². The van der Waals surface area contributed by atoms with E-state index in [0.717, 1.165) is 16.9 Å². The maximum Gasteiger partial charge on any atom is 0.242 e. The molecule has 0 aliphatic rings. The van der Waals surface area contributed by atoms with Crippen LogP contribution >= 0.6 is 23.4 Å². The Morgan fingerprint density at radius 3 is 2.47 bits per heavy atom. The SMILES string of the molecule is CC[C@H](C(=O)NCC(C)C)N(Cc1cccc(OC)c1)C(=O)CSCc1ccc(Cl)cc1. The fraction of sp³-hybridized carbons (Fsp3) is 0.440. The number of methoxy groups -OCH3 is 1. The Morgan fingerprint density at radius 2 is 1.84 bits per heavy atom. The zero-order valence-electron chi connectivity index (χ0n) is 19.3. The highest BCUT2D eigenvalue weighted by molar-refractivity contribution is 7.99. The number of hydrogen-bond acceptors (Lipinski definition) is 4. The van der Waals surface area contributed by atoms with E-state index in [1.165, 1.54) is 11.8 Å². The van der Waals surface area contributed by atoms with Gasteiger partial charge >= 0.3 is 0 Å². The van der Waals surface area contributed by atoms with Gasteiger partial charge in [0, 0.05) is 23.9 Å². The number of halogens is 1. The van der Waals surface area contributed by atoms with Crippen molar-refractivity contribution >= 4 is 35.2 Å². The van der Waals surface area contributed by atoms with Gasteiger partial charge in [-0.3, -0.25) is 9.59 Å². The van der Waals surface area contributed by atoms with E-state index in [1.807, 2.05) is 69.3 Å². The molecule has 0 saturated carbocycles. The van der Waals surface area contributed by atoms with E-state index in [9.17, 15) is 9.59 Å². The summed E-state index contributed by atoms with van der Waals surface area (Å²) in [7, 11) is 1.61. The van der Waals surface area contributed by atoms with Gasteiger partial charge in [-0.05, 0) is 47.7 Å². The number of thioether (sulfide) groups is 1. The van der Waals surface area contributed by atoms with Gasteiger partial charge in [-0.2, -0.15) is 0 Å². The summed E-state index contributed by atoms with van der Waals surface area (Å²) in [6.45, 7) is 6.97. The lowest BCUT2D eigenvalue weighted by Crippen LogP contribution is -2.50. The van der Waals surface area contributed by atoms with Gasteiger partial charge in [-0.1, -0.05) is 56.6 Å². The van der Waals surface area contributed by atoms with Gasteiger partial charge in [-0.15, -0.1) is 11.8 Å². The molecule has 2 amide bonds. The van der Waals surface area contributed by atoms with E-state index in [0.29, 0.717) is 42.0 Å². The number of carbonyl (C=O) groups excluding carboxylic acids is 2. The van der Waals surface area contributed by atoms with Gasteiger partial charge in [-0.25, -0.2) is 0 Å². The minimum atomic E-state index is -0.524. The Balaban J connectivity index is 2.13. The van der Waals surface area contributed by atoms with Crippen LogP contribution in [0.4, 0.5) is 0 Å². The topological polar surface area (TPSA) is 58.6 Å². The third-order valence-corrected chi connectivity index (χ3v) is 6.21. The molecule has 0 heterocycles. The number of rotatable bonds is 12. The summed E-state index contributed by atoms with van der Waals surface area (Å²) in [5.41, 5.74) is 2.03. The minimum absolute atomic E-state index is 0.0571. The standard InChI is InChI=1S/C25H33ClN2O3S/c1-5-23(25(30)27-14-18(2)3)28(15-20-7-6-8-22(13-20)31-4)24(29)17-32-16-19-9-11-21(26)12-10-19/h6-13,18,23H,5,14-17H2,1-4H3,(H,27,30)/t23-/m1/s1. The molecular formula is C25H33ClN2O3S. The summed E-state index contributed by atoms with van der Waals surface area (Å²) in [6.07, 6.45) is 0.543. The highest BCUT2D eigenvalue weighted by atomic mass is 35.5. The van der Waals surface area contributed by atoms with Crippen molar-refractivity contribution in [2.75, 3.05) is 19.4 Å². The highest BCUT2D eigenvalue weighted by Gasteiger charge is 2.28. The molecule has 0 aromatic heterocycles. The second-order valence-electron chi connectivity index (χ2n) is 8.06. The molecule has 1 N–H and O–H groups in total. The zero-order valence-corrected chi connectivity index (χ0v) is 20.8. The molecule has 0 aliphatic carbocycles. The predicted octanol–water partition coefficient (Wildman–Crippen LogP) is 5.16. The molecule has 0 bridgehead atoms. The van der Waals surface area contributed by atoms with Crippen LogP contribution in [-0.4, -0.2) is 42.2 Å². The third kappa shape index (κ3) is 8.40. The van der Waals surface area contributed by atoms with Crippen LogP contribution in [-0.2, 0) is 21.9 Å². The van der Waals surface area contributed by atoms with Crippen molar-refractivity contribution in [2.45, 2.75) is 45.5 Å². The molecular weight excluding hydrogens is 444 g/mol. The van der Waals surface area contributed by atoms with Crippen LogP contribution in [0.3, 0.4) is 0 Å². The average Bonchev–Trinajstić information content (AvgIpc) is 2.78. The second-order valence-corrected chi connectivity index (χ2v) is 9.48. The van der Waals surface area contributed by atoms with E-state index in [2.05, 4.69) is 5.32 Å². The monoisotopic (exact) mass is 476 g/mol. The lowest BCUT2D eigenvalue weighted by molar-refractivity contribution is -0.139. The van der Waals surface area contributed by atoms with Gasteiger partial charge < -0.3 is 15.0 Å². The number of nitrogens with zero attached hydrogens (tertiary/aromatic N) is 1. The van der Waals surface area contributed by atoms with E-state index in [-0.39, 0.29) is 11.8 Å². The molecule has 0 aliphatic heterocycles. The van der Waals surface area contributed by atoms with Crippen LogP contribution in [0.1, 0.15) is 38.3 Å². The van der Waals surface area contributed by atoms with Crippen LogP contribution in [0.5, 0.6) is 5.75 Å². The molecule has 2 aromatic carbocycles. The molecule has 174 valence electrons. The molecule has 32 heavy (non-hydrogen) atoms. The van der Waals surface area contributed by atoms with Crippen LogP contribution < -0.4 is 10.1 Å². The Morgan fingerprint density at radius 1 is 1.12 bits per heavy atom. The van der Waals surface area contributed by atoms with Crippen molar-refractivity contribution < 1.29 is 14.3 Å². The zero-order chi connectivity index (χ0) is 23.5. The van der Waals surface area contributed by atoms with Gasteiger partial charge in [0.05, 0.1) is 12.9 Å². The quantitative estimate of drug-likeness (QED) is 0.459. The fourth-order valence-corrected chi connectivity index (χ4v) is 4.23. The summed E-state index contributed by atoms with van der Waals surface area (Å²) in [6, 6.07) is 14.7. The number of nitrogens with one attached hydrogen (secondary N) is 1. The lowest BCUT2D eigenvalue weighted by atomic mass is 10.1. The molecule has 1 atom stereocenters. The first-order chi connectivity index (χ1) is 15.3. The van der Waals surface area contributed by atoms with Crippen molar-refractivity contribution in [3.05, 3.63) is 64.7 Å².